The summed E-state index contributed by atoms with van der Waals surface area (Å²) in [5.74, 6) is -9.45. The van der Waals surface area contributed by atoms with Gasteiger partial charge in [0.15, 0.2) is 34.8 Å². The lowest BCUT2D eigenvalue weighted by Crippen LogP contribution is -2.09. The minimum atomic E-state index is -1.54. The highest BCUT2D eigenvalue weighted by Gasteiger charge is 2.23. The second-order valence-corrected chi connectivity index (χ2v) is 8.33. The van der Waals surface area contributed by atoms with Crippen LogP contribution < -0.4 is 0 Å². The van der Waals surface area contributed by atoms with Gasteiger partial charge in [0, 0.05) is 16.7 Å². The van der Waals surface area contributed by atoms with Crippen LogP contribution in [0.25, 0.3) is 16.7 Å². The Bertz CT molecular complexity index is 1290. The zero-order valence-electron chi connectivity index (χ0n) is 17.8. The molecule has 1 aliphatic carbocycles. The van der Waals surface area contributed by atoms with E-state index in [0.29, 0.717) is 31.3 Å². The number of rotatable bonds is 5. The van der Waals surface area contributed by atoms with E-state index in [1.165, 1.54) is 18.2 Å². The fraction of sp³-hybridized carbons (Fsp3) is 0.231. The normalized spacial score (nSPS) is 15.9. The zero-order valence-corrected chi connectivity index (χ0v) is 17.8. The SMILES string of the molecule is Oc1ccc(C2=CCC(CCc3ccc(-c4ccc(O)c(F)c4F)c(F)c3F)CC2)c(F)c1F. The molecule has 1 atom stereocenters. The van der Waals surface area contributed by atoms with Crippen LogP contribution in [0.4, 0.5) is 26.3 Å². The minimum absolute atomic E-state index is 0.0855. The van der Waals surface area contributed by atoms with Gasteiger partial charge in [0.2, 0.25) is 11.6 Å². The number of phenolic OH excluding ortho intramolecular Hbond substituents is 2. The summed E-state index contributed by atoms with van der Waals surface area (Å²) in [4.78, 5) is 0. The summed E-state index contributed by atoms with van der Waals surface area (Å²) in [6, 6.07) is 6.74. The molecule has 0 heterocycles. The molecule has 0 radical (unpaired) electrons. The minimum Gasteiger partial charge on any atom is -0.505 e. The highest BCUT2D eigenvalue weighted by molar-refractivity contribution is 5.68. The molecule has 8 heteroatoms. The molecule has 2 nitrogen and oxygen atoms in total. The van der Waals surface area contributed by atoms with Crippen LogP contribution in [0.5, 0.6) is 11.5 Å². The Morgan fingerprint density at radius 2 is 1.18 bits per heavy atom. The number of allylic oxidation sites excluding steroid dienone is 2. The number of phenols is 2. The molecule has 0 amide bonds. The van der Waals surface area contributed by atoms with Crippen LogP contribution >= 0.6 is 0 Å². The first-order valence-corrected chi connectivity index (χ1v) is 10.7. The van der Waals surface area contributed by atoms with Crippen LogP contribution in [0, 0.1) is 40.8 Å². The standard InChI is InChI=1S/C26H20F6O2/c27-21-15(7-8-17(23(21)29)18-10-12-20(34)26(32)24(18)30)6-3-13-1-4-14(5-2-13)16-9-11-19(33)25(31)22(16)28/h4,7-13,33-34H,1-3,5-6H2. The van der Waals surface area contributed by atoms with Gasteiger partial charge in [-0.3, -0.25) is 0 Å². The average Bonchev–Trinajstić information content (AvgIpc) is 2.83. The Balaban J connectivity index is 1.46. The van der Waals surface area contributed by atoms with Crippen molar-refractivity contribution in [1.82, 2.24) is 0 Å². The Labute approximate surface area is 191 Å². The van der Waals surface area contributed by atoms with Crippen molar-refractivity contribution >= 4 is 5.57 Å². The molecule has 0 aliphatic heterocycles. The maximum Gasteiger partial charge on any atom is 0.200 e. The third-order valence-electron chi connectivity index (χ3n) is 6.26. The van der Waals surface area contributed by atoms with Gasteiger partial charge in [-0.25, -0.2) is 17.6 Å². The second-order valence-electron chi connectivity index (χ2n) is 8.33. The van der Waals surface area contributed by atoms with E-state index in [9.17, 15) is 36.6 Å². The van der Waals surface area contributed by atoms with Gasteiger partial charge in [-0.2, -0.15) is 8.78 Å². The summed E-state index contributed by atoms with van der Waals surface area (Å²) in [6.07, 6.45) is 4.13. The molecular weight excluding hydrogens is 458 g/mol. The van der Waals surface area contributed by atoms with Gasteiger partial charge in [0.1, 0.15) is 0 Å². The maximum atomic E-state index is 14.7. The second kappa shape index (κ2) is 9.44. The van der Waals surface area contributed by atoms with Crippen LogP contribution in [-0.2, 0) is 6.42 Å². The van der Waals surface area contributed by atoms with Crippen molar-refractivity contribution in [2.45, 2.75) is 32.1 Å². The van der Waals surface area contributed by atoms with E-state index in [1.807, 2.05) is 0 Å². The van der Waals surface area contributed by atoms with Crippen molar-refractivity contribution in [3.63, 3.8) is 0 Å². The number of hydrogen-bond donors (Lipinski definition) is 2. The largest absolute Gasteiger partial charge is 0.505 e. The van der Waals surface area contributed by atoms with E-state index >= 15 is 0 Å². The number of hydrogen-bond acceptors (Lipinski definition) is 2. The van der Waals surface area contributed by atoms with Gasteiger partial charge in [0.05, 0.1) is 0 Å². The van der Waals surface area contributed by atoms with Crippen molar-refractivity contribution in [2.24, 2.45) is 5.92 Å². The first kappa shape index (κ1) is 23.7. The third kappa shape index (κ3) is 4.36. The summed E-state index contributed by atoms with van der Waals surface area (Å²) in [5, 5.41) is 18.5. The lowest BCUT2D eigenvalue weighted by Gasteiger charge is -2.22. The van der Waals surface area contributed by atoms with Crippen molar-refractivity contribution < 1.29 is 36.6 Å². The molecular formula is C26H20F6O2. The first-order chi connectivity index (χ1) is 16.2. The lowest BCUT2D eigenvalue weighted by molar-refractivity contribution is 0.405. The van der Waals surface area contributed by atoms with Crippen LogP contribution in [0.15, 0.2) is 42.5 Å². The fourth-order valence-electron chi connectivity index (χ4n) is 4.28. The zero-order chi connectivity index (χ0) is 24.6. The van der Waals surface area contributed by atoms with E-state index in [4.69, 9.17) is 0 Å². The van der Waals surface area contributed by atoms with E-state index in [-0.39, 0.29) is 23.5 Å². The Morgan fingerprint density at radius 3 is 1.76 bits per heavy atom. The Hall–Kier alpha value is -3.42. The first-order valence-electron chi connectivity index (χ1n) is 10.7. The predicted molar refractivity (Wildman–Crippen MR) is 115 cm³/mol. The van der Waals surface area contributed by atoms with E-state index in [2.05, 4.69) is 0 Å². The van der Waals surface area contributed by atoms with Crippen molar-refractivity contribution in [3.05, 3.63) is 88.5 Å². The van der Waals surface area contributed by atoms with Gasteiger partial charge in [0.25, 0.3) is 0 Å². The molecule has 3 aromatic rings. The molecule has 1 unspecified atom stereocenters. The summed E-state index contributed by atoms with van der Waals surface area (Å²) < 4.78 is 84.7. The monoisotopic (exact) mass is 478 g/mol. The van der Waals surface area contributed by atoms with Crippen LogP contribution in [0.3, 0.4) is 0 Å². The lowest BCUT2D eigenvalue weighted by atomic mass is 9.83. The molecule has 4 rings (SSSR count). The number of aryl methyl sites for hydroxylation is 1. The fourth-order valence-corrected chi connectivity index (χ4v) is 4.28. The van der Waals surface area contributed by atoms with Gasteiger partial charge in [-0.15, -0.1) is 0 Å². The van der Waals surface area contributed by atoms with Gasteiger partial charge < -0.3 is 10.2 Å². The van der Waals surface area contributed by atoms with E-state index in [0.717, 1.165) is 18.2 Å². The van der Waals surface area contributed by atoms with Crippen molar-refractivity contribution in [2.75, 3.05) is 0 Å². The topological polar surface area (TPSA) is 40.5 Å². The summed E-state index contributed by atoms with van der Waals surface area (Å²) in [7, 11) is 0. The molecule has 1 aliphatic rings. The third-order valence-corrected chi connectivity index (χ3v) is 6.26. The molecule has 0 bridgehead atoms. The summed E-state index contributed by atoms with van der Waals surface area (Å²) in [5.41, 5.74) is -0.151. The maximum absolute atomic E-state index is 14.7. The molecule has 2 N–H and O–H groups in total. The van der Waals surface area contributed by atoms with Crippen LogP contribution in [-0.4, -0.2) is 10.2 Å². The highest BCUT2D eigenvalue weighted by Crippen LogP contribution is 2.36. The van der Waals surface area contributed by atoms with Gasteiger partial charge in [-0.05, 0) is 73.4 Å². The predicted octanol–water partition coefficient (Wildman–Crippen LogP) is 7.42. The number of halogens is 6. The average molecular weight is 478 g/mol. The molecule has 0 saturated heterocycles. The molecule has 0 spiro atoms. The smallest absolute Gasteiger partial charge is 0.200 e. The van der Waals surface area contributed by atoms with Crippen molar-refractivity contribution in [3.8, 4) is 22.6 Å². The Morgan fingerprint density at radius 1 is 0.647 bits per heavy atom. The molecule has 3 aromatic carbocycles. The molecule has 178 valence electrons. The molecule has 0 saturated carbocycles. The van der Waals surface area contributed by atoms with Crippen molar-refractivity contribution in [1.29, 1.82) is 0 Å². The number of benzene rings is 3. The van der Waals surface area contributed by atoms with Gasteiger partial charge in [-0.1, -0.05) is 18.2 Å². The van der Waals surface area contributed by atoms with E-state index in [1.54, 1.807) is 6.08 Å². The number of aromatic hydroxyl groups is 2. The summed E-state index contributed by atoms with van der Waals surface area (Å²) >= 11 is 0. The van der Waals surface area contributed by atoms with Gasteiger partial charge >= 0.3 is 0 Å². The summed E-state index contributed by atoms with van der Waals surface area (Å²) in [6.45, 7) is 0. The molecule has 34 heavy (non-hydrogen) atoms. The molecule has 0 fully saturated rings. The van der Waals surface area contributed by atoms with E-state index < -0.39 is 57.5 Å². The van der Waals surface area contributed by atoms with Crippen LogP contribution in [0.1, 0.15) is 36.8 Å². The Kier molecular flexibility index (Phi) is 6.59. The van der Waals surface area contributed by atoms with Crippen LogP contribution in [0.2, 0.25) is 0 Å². The quantitative estimate of drug-likeness (QED) is 0.375. The highest BCUT2D eigenvalue weighted by atomic mass is 19.2. The molecule has 0 aromatic heterocycles.